The molecule has 0 fully saturated rings. The van der Waals surface area contributed by atoms with Crippen molar-refractivity contribution in [2.75, 3.05) is 0 Å². The summed E-state index contributed by atoms with van der Waals surface area (Å²) in [6.45, 7) is 6.81. The van der Waals surface area contributed by atoms with E-state index in [9.17, 15) is 4.79 Å². The first-order valence-corrected chi connectivity index (χ1v) is 5.21. The molecule has 1 rings (SSSR count). The monoisotopic (exact) mass is 214 g/mol. The number of carbonyl (C=O) groups is 1. The molecule has 0 spiro atoms. The zero-order chi connectivity index (χ0) is 10.7. The number of hydrogen-bond acceptors (Lipinski definition) is 2. The summed E-state index contributed by atoms with van der Waals surface area (Å²) in [5.41, 5.74) is 1.33. The lowest BCUT2D eigenvalue weighted by Crippen LogP contribution is -2.00. The van der Waals surface area contributed by atoms with Crippen molar-refractivity contribution in [3.05, 3.63) is 16.4 Å². The molecule has 0 aromatic carbocycles. The van der Waals surface area contributed by atoms with Crippen LogP contribution in [0.4, 0.5) is 0 Å². The molecule has 0 N–H and O–H groups in total. The lowest BCUT2D eigenvalue weighted by molar-refractivity contribution is 0.112. The molecule has 0 amide bonds. The quantitative estimate of drug-likeness (QED) is 0.723. The Hall–Kier alpha value is -0.830. The molecule has 78 valence electrons. The van der Waals surface area contributed by atoms with Gasteiger partial charge in [0.1, 0.15) is 5.15 Å². The van der Waals surface area contributed by atoms with Gasteiger partial charge in [0.05, 0.1) is 11.3 Å². The first-order valence-electron chi connectivity index (χ1n) is 4.83. The molecule has 14 heavy (non-hydrogen) atoms. The van der Waals surface area contributed by atoms with Gasteiger partial charge in [-0.05, 0) is 12.3 Å². The Labute approximate surface area is 89.1 Å². The Bertz CT molecular complexity index is 331. The topological polar surface area (TPSA) is 34.9 Å². The van der Waals surface area contributed by atoms with Gasteiger partial charge in [0, 0.05) is 6.54 Å². The predicted molar refractivity (Wildman–Crippen MR) is 57.0 cm³/mol. The third kappa shape index (κ3) is 1.98. The maximum absolute atomic E-state index is 10.8. The summed E-state index contributed by atoms with van der Waals surface area (Å²) in [4.78, 5) is 10.8. The van der Waals surface area contributed by atoms with Crippen molar-refractivity contribution >= 4 is 17.9 Å². The number of aromatic nitrogens is 2. The Morgan fingerprint density at radius 1 is 1.57 bits per heavy atom. The lowest BCUT2D eigenvalue weighted by Gasteiger charge is -1.99. The molecule has 3 nitrogen and oxygen atoms in total. The molecule has 0 bridgehead atoms. The van der Waals surface area contributed by atoms with Gasteiger partial charge in [-0.3, -0.25) is 9.48 Å². The fourth-order valence-corrected chi connectivity index (χ4v) is 1.63. The van der Waals surface area contributed by atoms with Crippen molar-refractivity contribution in [1.29, 1.82) is 0 Å². The van der Waals surface area contributed by atoms with E-state index < -0.39 is 0 Å². The summed E-state index contributed by atoms with van der Waals surface area (Å²) in [6.07, 6.45) is 1.74. The zero-order valence-corrected chi connectivity index (χ0v) is 9.51. The van der Waals surface area contributed by atoms with Crippen LogP contribution in [0.2, 0.25) is 5.15 Å². The Balaban J connectivity index is 3.17. The molecule has 0 aliphatic rings. The van der Waals surface area contributed by atoms with Crippen molar-refractivity contribution in [2.24, 2.45) is 0 Å². The van der Waals surface area contributed by atoms with Gasteiger partial charge in [0.25, 0.3) is 0 Å². The van der Waals surface area contributed by atoms with Crippen LogP contribution >= 0.6 is 11.6 Å². The number of aldehydes is 1. The van der Waals surface area contributed by atoms with Crippen molar-refractivity contribution < 1.29 is 4.79 Å². The number of hydrogen-bond donors (Lipinski definition) is 0. The van der Waals surface area contributed by atoms with Crippen LogP contribution in [0.5, 0.6) is 0 Å². The summed E-state index contributed by atoms with van der Waals surface area (Å²) < 4.78 is 1.70. The van der Waals surface area contributed by atoms with Crippen LogP contribution in [0, 0.1) is 0 Å². The first-order chi connectivity index (χ1) is 6.61. The van der Waals surface area contributed by atoms with Crippen LogP contribution in [0.1, 0.15) is 49.2 Å². The van der Waals surface area contributed by atoms with Crippen molar-refractivity contribution in [1.82, 2.24) is 9.78 Å². The third-order valence-corrected chi connectivity index (χ3v) is 2.45. The van der Waals surface area contributed by atoms with Gasteiger partial charge in [-0.2, -0.15) is 5.10 Å². The fourth-order valence-electron chi connectivity index (χ4n) is 1.37. The normalized spacial score (nSPS) is 10.9. The van der Waals surface area contributed by atoms with E-state index in [2.05, 4.69) is 5.10 Å². The lowest BCUT2D eigenvalue weighted by atomic mass is 10.1. The van der Waals surface area contributed by atoms with Crippen LogP contribution in [0.3, 0.4) is 0 Å². The van der Waals surface area contributed by atoms with Gasteiger partial charge in [0.15, 0.2) is 6.29 Å². The molecule has 0 radical (unpaired) electrons. The summed E-state index contributed by atoms with van der Waals surface area (Å²) in [5, 5.41) is 4.79. The molecule has 1 heterocycles. The second kappa shape index (κ2) is 4.60. The molecular formula is C10H15ClN2O. The molecule has 0 unspecified atom stereocenters. The summed E-state index contributed by atoms with van der Waals surface area (Å²) in [7, 11) is 0. The van der Waals surface area contributed by atoms with Gasteiger partial charge in [-0.1, -0.05) is 32.4 Å². The highest BCUT2D eigenvalue weighted by Crippen LogP contribution is 2.24. The summed E-state index contributed by atoms with van der Waals surface area (Å²) in [5.74, 6) is 0.228. The van der Waals surface area contributed by atoms with Gasteiger partial charge < -0.3 is 0 Å². The highest BCUT2D eigenvalue weighted by atomic mass is 35.5. The maximum atomic E-state index is 10.8. The number of rotatable bonds is 4. The maximum Gasteiger partial charge on any atom is 0.155 e. The van der Waals surface area contributed by atoms with Gasteiger partial charge in [0.2, 0.25) is 0 Å². The van der Waals surface area contributed by atoms with E-state index in [-0.39, 0.29) is 5.92 Å². The molecule has 0 aliphatic carbocycles. The Morgan fingerprint density at radius 3 is 2.57 bits per heavy atom. The highest BCUT2D eigenvalue weighted by Gasteiger charge is 2.17. The molecule has 0 aliphatic heterocycles. The average molecular weight is 215 g/mol. The second-order valence-corrected chi connectivity index (χ2v) is 3.94. The summed E-state index contributed by atoms with van der Waals surface area (Å²) in [6, 6.07) is 0. The highest BCUT2D eigenvalue weighted by molar-refractivity contribution is 6.32. The first kappa shape index (κ1) is 11.2. The van der Waals surface area contributed by atoms with E-state index in [1.807, 2.05) is 20.8 Å². The molecule has 1 aromatic heterocycles. The smallest absolute Gasteiger partial charge is 0.155 e. The van der Waals surface area contributed by atoms with E-state index in [1.165, 1.54) is 0 Å². The van der Waals surface area contributed by atoms with Gasteiger partial charge in [-0.25, -0.2) is 0 Å². The fraction of sp³-hybridized carbons (Fsp3) is 0.600. The van der Waals surface area contributed by atoms with Crippen molar-refractivity contribution in [3.8, 4) is 0 Å². The van der Waals surface area contributed by atoms with E-state index in [4.69, 9.17) is 11.6 Å². The number of nitrogens with zero attached hydrogens (tertiary/aromatic N) is 2. The van der Waals surface area contributed by atoms with Crippen LogP contribution in [-0.4, -0.2) is 16.1 Å². The SMILES string of the molecule is CCCn1nc(C(C)C)c(C=O)c1Cl. The van der Waals surface area contributed by atoms with E-state index >= 15 is 0 Å². The minimum absolute atomic E-state index is 0.228. The minimum Gasteiger partial charge on any atom is -0.298 e. The van der Waals surface area contributed by atoms with Crippen molar-refractivity contribution in [2.45, 2.75) is 39.7 Å². The third-order valence-electron chi connectivity index (χ3n) is 2.05. The number of halogens is 1. The minimum atomic E-state index is 0.228. The second-order valence-electron chi connectivity index (χ2n) is 3.59. The van der Waals surface area contributed by atoms with E-state index in [1.54, 1.807) is 4.68 Å². The van der Waals surface area contributed by atoms with E-state index in [0.29, 0.717) is 10.7 Å². The van der Waals surface area contributed by atoms with Gasteiger partial charge in [-0.15, -0.1) is 0 Å². The molecular weight excluding hydrogens is 200 g/mol. The van der Waals surface area contributed by atoms with Crippen LogP contribution in [0.15, 0.2) is 0 Å². The largest absolute Gasteiger partial charge is 0.298 e. The molecule has 0 atom stereocenters. The number of aryl methyl sites for hydroxylation is 1. The Kier molecular flexibility index (Phi) is 3.69. The van der Waals surface area contributed by atoms with Crippen LogP contribution in [-0.2, 0) is 6.54 Å². The molecule has 0 saturated heterocycles. The predicted octanol–water partition coefficient (Wildman–Crippen LogP) is 2.88. The average Bonchev–Trinajstić information content (AvgIpc) is 2.44. The van der Waals surface area contributed by atoms with E-state index in [0.717, 1.165) is 24.9 Å². The number of carbonyl (C=O) groups excluding carboxylic acids is 1. The van der Waals surface area contributed by atoms with Gasteiger partial charge >= 0.3 is 0 Å². The van der Waals surface area contributed by atoms with Crippen LogP contribution in [0.25, 0.3) is 0 Å². The molecule has 4 heteroatoms. The standard InChI is InChI=1S/C10H15ClN2O/c1-4-5-13-10(11)8(6-14)9(12-13)7(2)3/h6-7H,4-5H2,1-3H3. The Morgan fingerprint density at radius 2 is 2.21 bits per heavy atom. The summed E-state index contributed by atoms with van der Waals surface area (Å²) >= 11 is 6.02. The molecule has 0 saturated carbocycles. The van der Waals surface area contributed by atoms with Crippen LogP contribution < -0.4 is 0 Å². The zero-order valence-electron chi connectivity index (χ0n) is 8.75. The van der Waals surface area contributed by atoms with Crippen molar-refractivity contribution in [3.63, 3.8) is 0 Å². The molecule has 1 aromatic rings.